The van der Waals surface area contributed by atoms with Gasteiger partial charge in [-0.2, -0.15) is 5.26 Å². The van der Waals surface area contributed by atoms with Gasteiger partial charge in [0.15, 0.2) is 0 Å². The third-order valence-corrected chi connectivity index (χ3v) is 7.12. The molecule has 194 valence electrons. The highest BCUT2D eigenvalue weighted by Gasteiger charge is 2.26. The number of anilines is 2. The van der Waals surface area contributed by atoms with Crippen molar-refractivity contribution in [1.82, 2.24) is 24.3 Å². The fourth-order valence-electron chi connectivity index (χ4n) is 4.91. The fraction of sp³-hybridized carbons (Fsp3) is 0.321. The van der Waals surface area contributed by atoms with Gasteiger partial charge in [-0.15, -0.1) is 0 Å². The molecule has 0 radical (unpaired) electrons. The molecule has 5 rings (SSSR count). The van der Waals surface area contributed by atoms with Crippen LogP contribution in [0.3, 0.4) is 0 Å². The van der Waals surface area contributed by atoms with Gasteiger partial charge in [-0.25, -0.2) is 19.7 Å². The number of imidazole rings is 1. The van der Waals surface area contributed by atoms with Gasteiger partial charge in [-0.05, 0) is 51.2 Å². The Morgan fingerprint density at radius 2 is 1.76 bits per heavy atom. The number of benzene rings is 1. The molecule has 3 aromatic heterocycles. The first-order valence-electron chi connectivity index (χ1n) is 12.5. The SMILES string of the molecule is COC(=O)N(C)c1ccc(-c2c(-c3ccc(C#N)cc3)nc(N3CCC(N(C)C)CC3)n3ccnc23)cn1. The first kappa shape index (κ1) is 25.2. The molecular weight excluding hydrogens is 480 g/mol. The molecule has 0 bridgehead atoms. The minimum Gasteiger partial charge on any atom is -0.452 e. The quantitative estimate of drug-likeness (QED) is 0.396. The van der Waals surface area contributed by atoms with Crippen LogP contribution in [-0.2, 0) is 4.74 Å². The van der Waals surface area contributed by atoms with Gasteiger partial charge < -0.3 is 14.5 Å². The highest BCUT2D eigenvalue weighted by atomic mass is 16.5. The molecular formula is C28H30N8O2. The number of hydrogen-bond acceptors (Lipinski definition) is 8. The van der Waals surface area contributed by atoms with Gasteiger partial charge >= 0.3 is 6.09 Å². The minimum atomic E-state index is -0.497. The molecule has 0 spiro atoms. The Morgan fingerprint density at radius 3 is 2.37 bits per heavy atom. The van der Waals surface area contributed by atoms with Gasteiger partial charge in [0.1, 0.15) is 11.5 Å². The summed E-state index contributed by atoms with van der Waals surface area (Å²) in [5, 5.41) is 9.31. The Morgan fingerprint density at radius 1 is 1.05 bits per heavy atom. The Hall–Kier alpha value is -4.49. The summed E-state index contributed by atoms with van der Waals surface area (Å²) >= 11 is 0. The Labute approximate surface area is 221 Å². The van der Waals surface area contributed by atoms with Crippen molar-refractivity contribution in [1.29, 1.82) is 5.26 Å². The average Bonchev–Trinajstić information content (AvgIpc) is 3.45. The lowest BCUT2D eigenvalue weighted by Gasteiger charge is -2.36. The molecule has 10 nitrogen and oxygen atoms in total. The summed E-state index contributed by atoms with van der Waals surface area (Å²) in [4.78, 5) is 32.4. The van der Waals surface area contributed by atoms with E-state index in [1.807, 2.05) is 28.8 Å². The molecule has 1 fully saturated rings. The number of amides is 1. The number of methoxy groups -OCH3 is 1. The molecule has 0 saturated carbocycles. The van der Waals surface area contributed by atoms with Crippen molar-refractivity contribution in [3.63, 3.8) is 0 Å². The molecule has 1 aliphatic rings. The van der Waals surface area contributed by atoms with Gasteiger partial charge in [0, 0.05) is 55.9 Å². The molecule has 0 aliphatic carbocycles. The van der Waals surface area contributed by atoms with Crippen molar-refractivity contribution in [2.75, 3.05) is 51.1 Å². The number of fused-ring (bicyclic) bond motifs is 1. The van der Waals surface area contributed by atoms with E-state index in [-0.39, 0.29) is 0 Å². The molecule has 1 saturated heterocycles. The molecule has 4 aromatic rings. The maximum atomic E-state index is 12.0. The van der Waals surface area contributed by atoms with Crippen LogP contribution in [0.4, 0.5) is 16.6 Å². The maximum absolute atomic E-state index is 12.0. The van der Waals surface area contributed by atoms with Crippen LogP contribution in [0.5, 0.6) is 0 Å². The van der Waals surface area contributed by atoms with E-state index in [1.165, 1.54) is 12.0 Å². The van der Waals surface area contributed by atoms with Gasteiger partial charge in [0.05, 0.1) is 30.0 Å². The second kappa shape index (κ2) is 10.5. The van der Waals surface area contributed by atoms with E-state index in [4.69, 9.17) is 14.7 Å². The highest BCUT2D eigenvalue weighted by molar-refractivity contribution is 5.92. The highest BCUT2D eigenvalue weighted by Crippen LogP contribution is 2.37. The number of carbonyl (C=O) groups is 1. The summed E-state index contributed by atoms with van der Waals surface area (Å²) in [6.45, 7) is 1.79. The van der Waals surface area contributed by atoms with E-state index >= 15 is 0 Å². The Kier molecular flexibility index (Phi) is 6.94. The smallest absolute Gasteiger partial charge is 0.414 e. The molecule has 10 heteroatoms. The van der Waals surface area contributed by atoms with E-state index < -0.39 is 6.09 Å². The normalized spacial score (nSPS) is 14.1. The summed E-state index contributed by atoms with van der Waals surface area (Å²) in [5.41, 5.74) is 4.62. The number of aromatic nitrogens is 4. The average molecular weight is 511 g/mol. The molecule has 1 aromatic carbocycles. The van der Waals surface area contributed by atoms with Crippen LogP contribution >= 0.6 is 0 Å². The predicted octanol–water partition coefficient (Wildman–Crippen LogP) is 4.06. The summed E-state index contributed by atoms with van der Waals surface area (Å²) in [7, 11) is 7.21. The molecule has 0 unspecified atom stereocenters. The third-order valence-electron chi connectivity index (χ3n) is 7.12. The van der Waals surface area contributed by atoms with E-state index in [1.54, 1.807) is 37.6 Å². The fourth-order valence-corrected chi connectivity index (χ4v) is 4.91. The Balaban J connectivity index is 1.64. The number of nitrogens with zero attached hydrogens (tertiary/aromatic N) is 8. The van der Waals surface area contributed by atoms with E-state index in [2.05, 4.69) is 34.9 Å². The van der Waals surface area contributed by atoms with Crippen LogP contribution in [0.15, 0.2) is 55.0 Å². The standard InChI is InChI=1S/C28H30N8O2/c1-33(2)22-11-14-35(15-12-22)27-32-25(20-7-5-19(17-29)6-8-20)24(26-30-13-16-36(26)27)21-9-10-23(31-18-21)34(3)28(37)38-4/h5-10,13,16,18,22H,11-12,14-15H2,1-4H3. The van der Waals surface area contributed by atoms with Crippen LogP contribution in [0.25, 0.3) is 28.0 Å². The Bertz CT molecular complexity index is 1480. The monoisotopic (exact) mass is 510 g/mol. The van der Waals surface area contributed by atoms with E-state index in [9.17, 15) is 10.1 Å². The maximum Gasteiger partial charge on any atom is 0.414 e. The zero-order valence-electron chi connectivity index (χ0n) is 22.0. The molecule has 1 aliphatic heterocycles. The molecule has 0 atom stereocenters. The first-order chi connectivity index (χ1) is 18.4. The van der Waals surface area contributed by atoms with Gasteiger partial charge in [0.25, 0.3) is 0 Å². The summed E-state index contributed by atoms with van der Waals surface area (Å²) in [6, 6.07) is 13.8. The summed E-state index contributed by atoms with van der Waals surface area (Å²) in [6.07, 6.45) is 7.05. The van der Waals surface area contributed by atoms with E-state index in [0.29, 0.717) is 17.4 Å². The molecule has 0 N–H and O–H groups in total. The summed E-state index contributed by atoms with van der Waals surface area (Å²) in [5.74, 6) is 1.31. The second-order valence-electron chi connectivity index (χ2n) is 9.56. The number of piperidine rings is 1. The lowest BCUT2D eigenvalue weighted by molar-refractivity contribution is 0.180. The van der Waals surface area contributed by atoms with E-state index in [0.717, 1.165) is 59.9 Å². The zero-order valence-corrected chi connectivity index (χ0v) is 22.0. The zero-order chi connectivity index (χ0) is 26.8. The van der Waals surface area contributed by atoms with Crippen LogP contribution < -0.4 is 9.80 Å². The van der Waals surface area contributed by atoms with Crippen molar-refractivity contribution >= 4 is 23.5 Å². The van der Waals surface area contributed by atoms with Crippen molar-refractivity contribution in [2.45, 2.75) is 18.9 Å². The largest absolute Gasteiger partial charge is 0.452 e. The van der Waals surface area contributed by atoms with Crippen molar-refractivity contribution in [3.05, 3.63) is 60.6 Å². The molecule has 1 amide bonds. The topological polar surface area (TPSA) is 103 Å². The lowest BCUT2D eigenvalue weighted by Crippen LogP contribution is -2.43. The lowest BCUT2D eigenvalue weighted by atomic mass is 10.00. The number of ether oxygens (including phenoxy) is 1. The number of nitriles is 1. The van der Waals surface area contributed by atoms with Gasteiger partial charge in [0.2, 0.25) is 5.95 Å². The number of hydrogen-bond donors (Lipinski definition) is 0. The molecule has 38 heavy (non-hydrogen) atoms. The van der Waals surface area contributed by atoms with Crippen molar-refractivity contribution in [2.24, 2.45) is 0 Å². The third kappa shape index (κ3) is 4.64. The predicted molar refractivity (Wildman–Crippen MR) is 146 cm³/mol. The van der Waals surface area contributed by atoms with Crippen LogP contribution in [0.1, 0.15) is 18.4 Å². The number of rotatable bonds is 5. The summed E-state index contributed by atoms with van der Waals surface area (Å²) < 4.78 is 6.84. The minimum absolute atomic E-state index is 0.466. The van der Waals surface area contributed by atoms with Crippen LogP contribution in [0.2, 0.25) is 0 Å². The number of carbonyl (C=O) groups excluding carboxylic acids is 1. The molecule has 4 heterocycles. The van der Waals surface area contributed by atoms with Crippen LogP contribution in [-0.4, -0.2) is 77.7 Å². The number of pyridine rings is 1. The van der Waals surface area contributed by atoms with Gasteiger partial charge in [-0.3, -0.25) is 9.30 Å². The van der Waals surface area contributed by atoms with Crippen molar-refractivity contribution < 1.29 is 9.53 Å². The second-order valence-corrected chi connectivity index (χ2v) is 9.56. The van der Waals surface area contributed by atoms with Crippen molar-refractivity contribution in [3.8, 4) is 28.5 Å². The van der Waals surface area contributed by atoms with Crippen LogP contribution in [0, 0.1) is 11.3 Å². The van der Waals surface area contributed by atoms with Gasteiger partial charge in [-0.1, -0.05) is 12.1 Å². The first-order valence-corrected chi connectivity index (χ1v) is 12.5.